The van der Waals surface area contributed by atoms with Gasteiger partial charge in [-0.25, -0.2) is 0 Å². The van der Waals surface area contributed by atoms with E-state index < -0.39 is 0 Å². The summed E-state index contributed by atoms with van der Waals surface area (Å²) in [6, 6.07) is 9.82. The molecule has 1 aromatic rings. The molecule has 1 aromatic carbocycles. The number of amides is 1. The van der Waals surface area contributed by atoms with E-state index in [1.54, 1.807) is 4.90 Å². The summed E-state index contributed by atoms with van der Waals surface area (Å²) in [5, 5.41) is 0. The van der Waals surface area contributed by atoms with Gasteiger partial charge in [0.2, 0.25) is 5.91 Å². The number of hydrogen-bond donors (Lipinski definition) is 0. The van der Waals surface area contributed by atoms with E-state index >= 15 is 0 Å². The van der Waals surface area contributed by atoms with Gasteiger partial charge in [0.05, 0.1) is 6.42 Å². The molecule has 0 bridgehead atoms. The lowest BCUT2D eigenvalue weighted by molar-refractivity contribution is -0.134. The number of carbonyl (C=O) groups is 2. The molecule has 1 amide bonds. The predicted molar refractivity (Wildman–Crippen MR) is 94.0 cm³/mol. The highest BCUT2D eigenvalue weighted by molar-refractivity contribution is 5.96. The van der Waals surface area contributed by atoms with E-state index in [1.807, 2.05) is 42.5 Å². The maximum Gasteiger partial charge on any atom is 0.230 e. The summed E-state index contributed by atoms with van der Waals surface area (Å²) in [6.45, 7) is 4.62. The Hall–Kier alpha value is -2.12. The first-order valence-corrected chi connectivity index (χ1v) is 8.34. The van der Waals surface area contributed by atoms with Crippen molar-refractivity contribution in [3.05, 3.63) is 53.8 Å². The molecule has 124 valence electrons. The summed E-state index contributed by atoms with van der Waals surface area (Å²) in [4.78, 5) is 25.1. The van der Waals surface area contributed by atoms with E-state index in [0.29, 0.717) is 13.1 Å². The summed E-state index contributed by atoms with van der Waals surface area (Å²) in [5.74, 6) is -0.238. The van der Waals surface area contributed by atoms with Gasteiger partial charge in [-0.3, -0.25) is 9.59 Å². The molecular formula is C20H27NO2. The molecule has 3 nitrogen and oxygen atoms in total. The molecule has 0 N–H and O–H groups in total. The largest absolute Gasteiger partial charge is 0.334 e. The van der Waals surface area contributed by atoms with Crippen LogP contribution in [-0.2, 0) is 16.1 Å². The van der Waals surface area contributed by atoms with Crippen LogP contribution in [0.5, 0.6) is 0 Å². The minimum absolute atomic E-state index is 0.0408. The van der Waals surface area contributed by atoms with Crippen molar-refractivity contribution in [3.8, 4) is 0 Å². The van der Waals surface area contributed by atoms with E-state index in [0.717, 1.165) is 12.0 Å². The molecule has 0 saturated heterocycles. The zero-order valence-electron chi connectivity index (χ0n) is 14.3. The molecule has 0 saturated carbocycles. The van der Waals surface area contributed by atoms with Crippen LogP contribution in [0.1, 0.15) is 51.5 Å². The smallest absolute Gasteiger partial charge is 0.230 e. The van der Waals surface area contributed by atoms with Gasteiger partial charge >= 0.3 is 0 Å². The van der Waals surface area contributed by atoms with Crippen molar-refractivity contribution in [2.75, 3.05) is 6.54 Å². The number of carbonyl (C=O) groups excluding carboxylic acids is 2. The van der Waals surface area contributed by atoms with Crippen LogP contribution in [0.25, 0.3) is 0 Å². The maximum absolute atomic E-state index is 12.2. The fraction of sp³-hybridized carbons (Fsp3) is 0.450. The predicted octanol–water partition coefficient (Wildman–Crippen LogP) is 4.29. The Bertz CT molecular complexity index is 542. The summed E-state index contributed by atoms with van der Waals surface area (Å²) in [7, 11) is 0. The van der Waals surface area contributed by atoms with Crippen LogP contribution < -0.4 is 0 Å². The van der Waals surface area contributed by atoms with Gasteiger partial charge in [-0.2, -0.15) is 0 Å². The van der Waals surface area contributed by atoms with Crippen molar-refractivity contribution < 1.29 is 9.59 Å². The van der Waals surface area contributed by atoms with Crippen LogP contribution in [0.4, 0.5) is 0 Å². The fourth-order valence-corrected chi connectivity index (χ4v) is 2.21. The minimum atomic E-state index is -0.134. The minimum Gasteiger partial charge on any atom is -0.334 e. The Kier molecular flexibility index (Phi) is 9.42. The van der Waals surface area contributed by atoms with Crippen LogP contribution >= 0.6 is 0 Å². The lowest BCUT2D eigenvalue weighted by Crippen LogP contribution is -2.31. The van der Waals surface area contributed by atoms with Crippen molar-refractivity contribution in [1.82, 2.24) is 4.90 Å². The van der Waals surface area contributed by atoms with E-state index in [4.69, 9.17) is 0 Å². The molecule has 0 heterocycles. The summed E-state index contributed by atoms with van der Waals surface area (Å²) >= 11 is 0. The summed E-state index contributed by atoms with van der Waals surface area (Å²) in [6.07, 6.45) is 8.48. The second-order valence-corrected chi connectivity index (χ2v) is 5.71. The van der Waals surface area contributed by atoms with Crippen molar-refractivity contribution in [2.45, 2.75) is 52.5 Å². The molecule has 0 atom stereocenters. The number of ketones is 1. The second kappa shape index (κ2) is 11.4. The van der Waals surface area contributed by atoms with E-state index in [-0.39, 0.29) is 18.1 Å². The van der Waals surface area contributed by atoms with Gasteiger partial charge in [0.25, 0.3) is 0 Å². The van der Waals surface area contributed by atoms with Crippen molar-refractivity contribution in [3.63, 3.8) is 0 Å². The van der Waals surface area contributed by atoms with Crippen molar-refractivity contribution in [1.29, 1.82) is 0 Å². The van der Waals surface area contributed by atoms with Crippen LogP contribution in [0.3, 0.4) is 0 Å². The van der Waals surface area contributed by atoms with Crippen LogP contribution in [0.2, 0.25) is 0 Å². The lowest BCUT2D eigenvalue weighted by Gasteiger charge is -2.20. The molecule has 0 aromatic heterocycles. The third kappa shape index (κ3) is 8.80. The number of hydrogen-bond acceptors (Lipinski definition) is 2. The van der Waals surface area contributed by atoms with Crippen LogP contribution in [-0.4, -0.2) is 23.1 Å². The van der Waals surface area contributed by atoms with Gasteiger partial charge in [-0.15, -0.1) is 5.73 Å². The number of benzene rings is 1. The zero-order valence-corrected chi connectivity index (χ0v) is 14.3. The van der Waals surface area contributed by atoms with E-state index in [9.17, 15) is 9.59 Å². The normalized spacial score (nSPS) is 9.83. The highest BCUT2D eigenvalue weighted by atomic mass is 16.2. The van der Waals surface area contributed by atoms with Crippen molar-refractivity contribution >= 4 is 11.7 Å². The Morgan fingerprint density at radius 1 is 1.13 bits per heavy atom. The molecule has 0 aliphatic heterocycles. The Morgan fingerprint density at radius 3 is 2.52 bits per heavy atom. The quantitative estimate of drug-likeness (QED) is 0.367. The molecule has 0 unspecified atom stereocenters. The molecule has 0 aliphatic carbocycles. The van der Waals surface area contributed by atoms with E-state index in [2.05, 4.69) is 12.7 Å². The lowest BCUT2D eigenvalue weighted by atomic mass is 10.2. The van der Waals surface area contributed by atoms with Gasteiger partial charge in [0.1, 0.15) is 5.78 Å². The molecule has 0 radical (unpaired) electrons. The molecular weight excluding hydrogens is 286 g/mol. The summed E-state index contributed by atoms with van der Waals surface area (Å²) in [5.41, 5.74) is 4.20. The Morgan fingerprint density at radius 2 is 1.87 bits per heavy atom. The standard InChI is InChI=1S/C20H27NO2/c1-3-4-5-6-7-8-12-15-21(20(23)16-18(2)22)17-19-13-10-9-11-14-19/h7,9-14H,3-6,15-17H2,1-2H3. The van der Waals surface area contributed by atoms with Gasteiger partial charge in [-0.05, 0) is 37.5 Å². The van der Waals surface area contributed by atoms with E-state index in [1.165, 1.54) is 26.2 Å². The average molecular weight is 313 g/mol. The second-order valence-electron chi connectivity index (χ2n) is 5.71. The third-order valence-corrected chi connectivity index (χ3v) is 3.47. The first kappa shape index (κ1) is 18.9. The highest BCUT2D eigenvalue weighted by Gasteiger charge is 2.14. The van der Waals surface area contributed by atoms with Crippen molar-refractivity contribution in [2.24, 2.45) is 0 Å². The molecule has 3 heteroatoms. The molecule has 0 aliphatic rings. The molecule has 23 heavy (non-hydrogen) atoms. The highest BCUT2D eigenvalue weighted by Crippen LogP contribution is 2.07. The molecule has 1 rings (SSSR count). The van der Waals surface area contributed by atoms with Gasteiger partial charge in [0, 0.05) is 13.1 Å². The SMILES string of the molecule is CCCCCC=C=CCN(Cc1ccccc1)C(=O)CC(C)=O. The Labute approximate surface area is 139 Å². The van der Waals surface area contributed by atoms with Crippen LogP contribution in [0.15, 0.2) is 48.2 Å². The average Bonchev–Trinajstić information content (AvgIpc) is 2.53. The number of rotatable bonds is 10. The monoisotopic (exact) mass is 313 g/mol. The number of nitrogens with zero attached hydrogens (tertiary/aromatic N) is 1. The number of Topliss-reactive ketones (excluding diaryl/α,β-unsaturated/α-hetero) is 1. The molecule has 0 spiro atoms. The fourth-order valence-electron chi connectivity index (χ4n) is 2.21. The zero-order chi connectivity index (χ0) is 16.9. The van der Waals surface area contributed by atoms with Gasteiger partial charge in [0.15, 0.2) is 0 Å². The van der Waals surface area contributed by atoms with Gasteiger partial charge < -0.3 is 4.90 Å². The first-order valence-electron chi connectivity index (χ1n) is 8.34. The number of unbranched alkanes of at least 4 members (excludes halogenated alkanes) is 3. The topological polar surface area (TPSA) is 37.4 Å². The van der Waals surface area contributed by atoms with Gasteiger partial charge in [-0.1, -0.05) is 50.1 Å². The molecule has 0 fully saturated rings. The first-order chi connectivity index (χ1) is 11.1. The summed E-state index contributed by atoms with van der Waals surface area (Å²) < 4.78 is 0. The Balaban J connectivity index is 2.62. The van der Waals surface area contributed by atoms with Crippen LogP contribution in [0, 0.1) is 0 Å². The third-order valence-electron chi connectivity index (χ3n) is 3.47. The maximum atomic E-state index is 12.2.